The summed E-state index contributed by atoms with van der Waals surface area (Å²) in [5.74, 6) is 0. The zero-order chi connectivity index (χ0) is 11.3. The minimum atomic E-state index is 0.609. The largest absolute Gasteiger partial charge is 0.317 e. The van der Waals surface area contributed by atoms with Crippen LogP contribution in [-0.4, -0.2) is 36.6 Å². The Hall–Kier alpha value is -0.0800. The van der Waals surface area contributed by atoms with Crippen LogP contribution >= 0.6 is 0 Å². The van der Waals surface area contributed by atoms with Crippen molar-refractivity contribution in [1.82, 2.24) is 10.2 Å². The molecule has 2 nitrogen and oxygen atoms in total. The summed E-state index contributed by atoms with van der Waals surface area (Å²) in [7, 11) is 0. The maximum Gasteiger partial charge on any atom is 0.0234 e. The van der Waals surface area contributed by atoms with E-state index in [2.05, 4.69) is 17.1 Å². The minimum absolute atomic E-state index is 0.609. The summed E-state index contributed by atoms with van der Waals surface area (Å²) >= 11 is 0. The molecule has 0 aromatic heterocycles. The molecule has 94 valence electrons. The SMILES string of the molecule is CCCCCCN1CCCC12CCNCC2. The van der Waals surface area contributed by atoms with Gasteiger partial charge in [0, 0.05) is 5.54 Å². The van der Waals surface area contributed by atoms with E-state index in [4.69, 9.17) is 0 Å². The fourth-order valence-electron chi connectivity index (χ4n) is 3.53. The fourth-order valence-corrected chi connectivity index (χ4v) is 3.53. The Morgan fingerprint density at radius 3 is 2.62 bits per heavy atom. The number of rotatable bonds is 5. The van der Waals surface area contributed by atoms with Crippen LogP contribution in [0.4, 0.5) is 0 Å². The van der Waals surface area contributed by atoms with Crippen molar-refractivity contribution in [3.05, 3.63) is 0 Å². The molecular formula is C14H28N2. The Morgan fingerprint density at radius 2 is 1.88 bits per heavy atom. The standard InChI is InChI=1S/C14H28N2/c1-2-3-4-5-12-16-13-6-7-14(16)8-10-15-11-9-14/h15H,2-13H2,1H3. The van der Waals surface area contributed by atoms with Crippen molar-refractivity contribution >= 4 is 0 Å². The lowest BCUT2D eigenvalue weighted by molar-refractivity contribution is 0.0980. The van der Waals surface area contributed by atoms with Gasteiger partial charge in [-0.3, -0.25) is 4.90 Å². The summed E-state index contributed by atoms with van der Waals surface area (Å²) in [4.78, 5) is 2.82. The third-order valence-electron chi connectivity index (χ3n) is 4.56. The van der Waals surface area contributed by atoms with Crippen LogP contribution in [0.5, 0.6) is 0 Å². The molecular weight excluding hydrogens is 196 g/mol. The highest BCUT2D eigenvalue weighted by Gasteiger charge is 2.40. The lowest BCUT2D eigenvalue weighted by atomic mass is 9.85. The number of hydrogen-bond donors (Lipinski definition) is 1. The van der Waals surface area contributed by atoms with Gasteiger partial charge >= 0.3 is 0 Å². The van der Waals surface area contributed by atoms with E-state index < -0.39 is 0 Å². The molecule has 0 radical (unpaired) electrons. The number of nitrogens with zero attached hydrogens (tertiary/aromatic N) is 1. The van der Waals surface area contributed by atoms with Crippen LogP contribution in [0.25, 0.3) is 0 Å². The highest BCUT2D eigenvalue weighted by atomic mass is 15.2. The predicted molar refractivity (Wildman–Crippen MR) is 69.8 cm³/mol. The summed E-state index contributed by atoms with van der Waals surface area (Å²) in [6.07, 6.45) is 11.3. The number of hydrogen-bond acceptors (Lipinski definition) is 2. The van der Waals surface area contributed by atoms with Gasteiger partial charge in [0.05, 0.1) is 0 Å². The van der Waals surface area contributed by atoms with Gasteiger partial charge in [-0.15, -0.1) is 0 Å². The summed E-state index contributed by atoms with van der Waals surface area (Å²) in [6, 6.07) is 0. The molecule has 2 aliphatic heterocycles. The maximum atomic E-state index is 3.51. The Bertz CT molecular complexity index is 197. The molecule has 16 heavy (non-hydrogen) atoms. The molecule has 2 heteroatoms. The fraction of sp³-hybridized carbons (Fsp3) is 1.00. The normalized spacial score (nSPS) is 25.3. The van der Waals surface area contributed by atoms with Crippen molar-refractivity contribution in [1.29, 1.82) is 0 Å². The van der Waals surface area contributed by atoms with Gasteiger partial charge in [-0.1, -0.05) is 26.2 Å². The average Bonchev–Trinajstić information content (AvgIpc) is 2.69. The van der Waals surface area contributed by atoms with Crippen molar-refractivity contribution < 1.29 is 0 Å². The number of likely N-dealkylation sites (tertiary alicyclic amines) is 1. The summed E-state index contributed by atoms with van der Waals surface area (Å²) in [5, 5.41) is 3.51. The zero-order valence-corrected chi connectivity index (χ0v) is 10.9. The van der Waals surface area contributed by atoms with Crippen LogP contribution in [0.3, 0.4) is 0 Å². The van der Waals surface area contributed by atoms with Crippen LogP contribution < -0.4 is 5.32 Å². The molecule has 0 aliphatic carbocycles. The minimum Gasteiger partial charge on any atom is -0.317 e. The van der Waals surface area contributed by atoms with E-state index in [0.29, 0.717) is 5.54 Å². The molecule has 2 aliphatic rings. The van der Waals surface area contributed by atoms with E-state index in [9.17, 15) is 0 Å². The van der Waals surface area contributed by atoms with Gasteiger partial charge in [0.2, 0.25) is 0 Å². The molecule has 0 amide bonds. The lowest BCUT2D eigenvalue weighted by Crippen LogP contribution is -2.51. The quantitative estimate of drug-likeness (QED) is 0.722. The Labute approximate surface area is 101 Å². The van der Waals surface area contributed by atoms with E-state index in [0.717, 1.165) is 0 Å². The Morgan fingerprint density at radius 1 is 1.06 bits per heavy atom. The first-order valence-corrected chi connectivity index (χ1v) is 7.33. The smallest absolute Gasteiger partial charge is 0.0234 e. The summed E-state index contributed by atoms with van der Waals surface area (Å²) in [6.45, 7) is 7.51. The number of piperidine rings is 1. The molecule has 0 atom stereocenters. The second-order valence-electron chi connectivity index (χ2n) is 5.63. The van der Waals surface area contributed by atoms with Crippen LogP contribution in [0.2, 0.25) is 0 Å². The van der Waals surface area contributed by atoms with Gasteiger partial charge in [-0.25, -0.2) is 0 Å². The van der Waals surface area contributed by atoms with Gasteiger partial charge in [0.15, 0.2) is 0 Å². The first kappa shape index (κ1) is 12.4. The Kier molecular flexibility index (Phi) is 4.66. The molecule has 0 aromatic carbocycles. The molecule has 0 saturated carbocycles. The van der Waals surface area contributed by atoms with Crippen molar-refractivity contribution in [3.63, 3.8) is 0 Å². The number of nitrogens with one attached hydrogen (secondary N) is 1. The van der Waals surface area contributed by atoms with Crippen LogP contribution in [0.1, 0.15) is 58.3 Å². The molecule has 1 spiro atoms. The van der Waals surface area contributed by atoms with Crippen molar-refractivity contribution in [3.8, 4) is 0 Å². The monoisotopic (exact) mass is 224 g/mol. The summed E-state index contributed by atoms with van der Waals surface area (Å²) < 4.78 is 0. The zero-order valence-electron chi connectivity index (χ0n) is 10.9. The third kappa shape index (κ3) is 2.78. The first-order valence-electron chi connectivity index (χ1n) is 7.33. The molecule has 2 saturated heterocycles. The molecule has 0 unspecified atom stereocenters. The lowest BCUT2D eigenvalue weighted by Gasteiger charge is -2.42. The molecule has 2 heterocycles. The molecule has 0 aromatic rings. The highest BCUT2D eigenvalue weighted by molar-refractivity contribution is 4.98. The predicted octanol–water partition coefficient (Wildman–Crippen LogP) is 2.78. The van der Waals surface area contributed by atoms with Crippen LogP contribution in [0, 0.1) is 0 Å². The van der Waals surface area contributed by atoms with Crippen LogP contribution in [0.15, 0.2) is 0 Å². The maximum absolute atomic E-state index is 3.51. The highest BCUT2D eigenvalue weighted by Crippen LogP contribution is 2.36. The van der Waals surface area contributed by atoms with E-state index in [1.807, 2.05) is 0 Å². The molecule has 1 N–H and O–H groups in total. The van der Waals surface area contributed by atoms with Gasteiger partial charge in [0.25, 0.3) is 0 Å². The van der Waals surface area contributed by atoms with Crippen molar-refractivity contribution in [2.45, 2.75) is 63.8 Å². The van der Waals surface area contributed by atoms with Gasteiger partial charge < -0.3 is 5.32 Å². The second-order valence-corrected chi connectivity index (χ2v) is 5.63. The van der Waals surface area contributed by atoms with E-state index in [1.165, 1.54) is 77.5 Å². The van der Waals surface area contributed by atoms with Gasteiger partial charge in [0.1, 0.15) is 0 Å². The molecule has 2 fully saturated rings. The topological polar surface area (TPSA) is 15.3 Å². The average molecular weight is 224 g/mol. The van der Waals surface area contributed by atoms with E-state index in [-0.39, 0.29) is 0 Å². The Balaban J connectivity index is 1.78. The summed E-state index contributed by atoms with van der Waals surface area (Å²) in [5.41, 5.74) is 0.609. The first-order chi connectivity index (χ1) is 7.87. The van der Waals surface area contributed by atoms with Gasteiger partial charge in [-0.2, -0.15) is 0 Å². The number of unbranched alkanes of at least 4 members (excludes halogenated alkanes) is 3. The van der Waals surface area contributed by atoms with Crippen molar-refractivity contribution in [2.24, 2.45) is 0 Å². The van der Waals surface area contributed by atoms with E-state index in [1.54, 1.807) is 0 Å². The third-order valence-corrected chi connectivity index (χ3v) is 4.56. The van der Waals surface area contributed by atoms with Gasteiger partial charge in [-0.05, 0) is 58.3 Å². The second kappa shape index (κ2) is 6.02. The van der Waals surface area contributed by atoms with E-state index >= 15 is 0 Å². The van der Waals surface area contributed by atoms with Crippen molar-refractivity contribution in [2.75, 3.05) is 26.2 Å². The van der Waals surface area contributed by atoms with Crippen LogP contribution in [-0.2, 0) is 0 Å². The molecule has 0 bridgehead atoms. The molecule has 2 rings (SSSR count).